The van der Waals surface area contributed by atoms with Gasteiger partial charge in [-0.15, -0.1) is 0 Å². The first kappa shape index (κ1) is 17.9. The van der Waals surface area contributed by atoms with Crippen LogP contribution in [0.25, 0.3) is 0 Å². The van der Waals surface area contributed by atoms with E-state index >= 15 is 0 Å². The quantitative estimate of drug-likeness (QED) is 0.597. The van der Waals surface area contributed by atoms with Crippen LogP contribution < -0.4 is 4.74 Å². The Bertz CT molecular complexity index is 547. The number of esters is 2. The van der Waals surface area contributed by atoms with Gasteiger partial charge in [-0.3, -0.25) is 0 Å². The second kappa shape index (κ2) is 7.73. The van der Waals surface area contributed by atoms with Crippen LogP contribution >= 0.6 is 34.8 Å². The van der Waals surface area contributed by atoms with Crippen molar-refractivity contribution < 1.29 is 23.8 Å². The highest BCUT2D eigenvalue weighted by molar-refractivity contribution is 6.43. The van der Waals surface area contributed by atoms with E-state index in [1.165, 1.54) is 33.1 Å². The Morgan fingerprint density at radius 1 is 0.952 bits per heavy atom. The molecule has 0 bridgehead atoms. The van der Waals surface area contributed by atoms with Crippen molar-refractivity contribution in [1.82, 2.24) is 0 Å². The minimum atomic E-state index is -1.03. The predicted octanol–water partition coefficient (Wildman–Crippen LogP) is 3.52. The van der Waals surface area contributed by atoms with Gasteiger partial charge in [-0.25, -0.2) is 9.59 Å². The summed E-state index contributed by atoms with van der Waals surface area (Å²) in [4.78, 5) is 23.0. The Hall–Kier alpha value is -1.17. The average molecular weight is 356 g/mol. The molecule has 0 fully saturated rings. The number of rotatable bonds is 5. The van der Waals surface area contributed by atoms with E-state index in [0.29, 0.717) is 0 Å². The molecule has 0 saturated heterocycles. The second-order valence-corrected chi connectivity index (χ2v) is 5.28. The van der Waals surface area contributed by atoms with E-state index in [-0.39, 0.29) is 20.8 Å². The van der Waals surface area contributed by atoms with E-state index in [1.54, 1.807) is 0 Å². The third kappa shape index (κ3) is 4.95. The molecular weight excluding hydrogens is 342 g/mol. The summed E-state index contributed by atoms with van der Waals surface area (Å²) in [6, 6.07) is 2.79. The fourth-order valence-electron chi connectivity index (χ4n) is 1.32. The van der Waals surface area contributed by atoms with Gasteiger partial charge in [0.2, 0.25) is 0 Å². The number of ether oxygens (including phenoxy) is 3. The number of hydrogen-bond donors (Lipinski definition) is 0. The molecule has 0 aliphatic rings. The molecule has 116 valence electrons. The number of hydrogen-bond acceptors (Lipinski definition) is 5. The molecule has 0 N–H and O–H groups in total. The Labute approximate surface area is 137 Å². The topological polar surface area (TPSA) is 61.8 Å². The average Bonchev–Trinajstić information content (AvgIpc) is 2.43. The van der Waals surface area contributed by atoms with E-state index in [0.717, 1.165) is 0 Å². The zero-order valence-electron chi connectivity index (χ0n) is 11.5. The molecule has 1 aromatic carbocycles. The van der Waals surface area contributed by atoms with Crippen molar-refractivity contribution in [3.8, 4) is 5.75 Å². The lowest BCUT2D eigenvalue weighted by molar-refractivity contribution is -0.168. The standard InChI is InChI=1S/C13H13Cl3O5/c1-6(12(17)19-3)21-13(18)7(2)20-11-5-9(15)8(14)4-10(11)16/h4-7H,1-3H3. The molecule has 0 heterocycles. The van der Waals surface area contributed by atoms with E-state index in [9.17, 15) is 9.59 Å². The summed E-state index contributed by atoms with van der Waals surface area (Å²) in [6.45, 7) is 2.84. The third-order valence-electron chi connectivity index (χ3n) is 2.44. The van der Waals surface area contributed by atoms with Gasteiger partial charge in [0.15, 0.2) is 12.2 Å². The summed E-state index contributed by atoms with van der Waals surface area (Å²) in [7, 11) is 1.20. The Balaban J connectivity index is 2.73. The van der Waals surface area contributed by atoms with Crippen molar-refractivity contribution in [3.05, 3.63) is 27.2 Å². The van der Waals surface area contributed by atoms with E-state index in [2.05, 4.69) is 4.74 Å². The lowest BCUT2D eigenvalue weighted by atomic mass is 10.3. The molecule has 0 radical (unpaired) electrons. The summed E-state index contributed by atoms with van der Waals surface area (Å²) in [6.07, 6.45) is -2.02. The zero-order valence-corrected chi connectivity index (χ0v) is 13.8. The van der Waals surface area contributed by atoms with Gasteiger partial charge in [-0.05, 0) is 19.9 Å². The lowest BCUT2D eigenvalue weighted by Gasteiger charge is -2.17. The van der Waals surface area contributed by atoms with Crippen LogP contribution in [0.5, 0.6) is 5.75 Å². The summed E-state index contributed by atoms with van der Waals surface area (Å²) in [5.74, 6) is -1.22. The van der Waals surface area contributed by atoms with Gasteiger partial charge in [0.1, 0.15) is 5.75 Å². The van der Waals surface area contributed by atoms with Gasteiger partial charge in [0.25, 0.3) is 0 Å². The molecule has 2 unspecified atom stereocenters. The van der Waals surface area contributed by atoms with Crippen LogP contribution in [-0.2, 0) is 19.1 Å². The van der Waals surface area contributed by atoms with Crippen LogP contribution in [0, 0.1) is 0 Å². The summed E-state index contributed by atoms with van der Waals surface area (Å²) >= 11 is 17.6. The zero-order chi connectivity index (χ0) is 16.2. The van der Waals surface area contributed by atoms with E-state index in [1.807, 2.05) is 0 Å². The third-order valence-corrected chi connectivity index (χ3v) is 3.45. The Morgan fingerprint density at radius 3 is 2.10 bits per heavy atom. The molecule has 0 amide bonds. The van der Waals surface area contributed by atoms with Gasteiger partial charge < -0.3 is 14.2 Å². The number of methoxy groups -OCH3 is 1. The van der Waals surface area contributed by atoms with Gasteiger partial charge in [0, 0.05) is 6.07 Å². The molecule has 0 spiro atoms. The molecule has 2 atom stereocenters. The van der Waals surface area contributed by atoms with Crippen LogP contribution in [0.1, 0.15) is 13.8 Å². The molecule has 0 aromatic heterocycles. The first-order valence-corrected chi connectivity index (χ1v) is 6.99. The lowest BCUT2D eigenvalue weighted by Crippen LogP contribution is -2.33. The molecule has 21 heavy (non-hydrogen) atoms. The van der Waals surface area contributed by atoms with Crippen molar-refractivity contribution in [2.75, 3.05) is 7.11 Å². The maximum Gasteiger partial charge on any atom is 0.347 e. The second-order valence-electron chi connectivity index (χ2n) is 4.06. The minimum absolute atomic E-state index is 0.182. The molecule has 5 nitrogen and oxygen atoms in total. The fourth-order valence-corrected chi connectivity index (χ4v) is 1.90. The molecule has 1 rings (SSSR count). The molecular formula is C13H13Cl3O5. The number of benzene rings is 1. The SMILES string of the molecule is COC(=O)C(C)OC(=O)C(C)Oc1cc(Cl)c(Cl)cc1Cl. The smallest absolute Gasteiger partial charge is 0.347 e. The van der Waals surface area contributed by atoms with Crippen LogP contribution in [-0.4, -0.2) is 31.3 Å². The van der Waals surface area contributed by atoms with Crippen molar-refractivity contribution in [1.29, 1.82) is 0 Å². The van der Waals surface area contributed by atoms with Crippen molar-refractivity contribution >= 4 is 46.7 Å². The van der Waals surface area contributed by atoms with Crippen molar-refractivity contribution in [2.45, 2.75) is 26.1 Å². The van der Waals surface area contributed by atoms with Crippen molar-refractivity contribution in [3.63, 3.8) is 0 Å². The number of carbonyl (C=O) groups is 2. The summed E-state index contributed by atoms with van der Waals surface area (Å²) in [5.41, 5.74) is 0. The highest BCUT2D eigenvalue weighted by Crippen LogP contribution is 2.34. The fraction of sp³-hybridized carbons (Fsp3) is 0.385. The van der Waals surface area contributed by atoms with Crippen molar-refractivity contribution in [2.24, 2.45) is 0 Å². The Morgan fingerprint density at radius 2 is 1.52 bits per heavy atom. The summed E-state index contributed by atoms with van der Waals surface area (Å²) in [5, 5.41) is 0.702. The van der Waals surface area contributed by atoms with Gasteiger partial charge >= 0.3 is 11.9 Å². The highest BCUT2D eigenvalue weighted by Gasteiger charge is 2.24. The Kier molecular flexibility index (Phi) is 6.58. The molecule has 1 aromatic rings. The maximum absolute atomic E-state index is 11.8. The van der Waals surface area contributed by atoms with Crippen LogP contribution in [0.4, 0.5) is 0 Å². The monoisotopic (exact) mass is 354 g/mol. The van der Waals surface area contributed by atoms with Gasteiger partial charge in [-0.2, -0.15) is 0 Å². The van der Waals surface area contributed by atoms with Gasteiger partial charge in [-0.1, -0.05) is 34.8 Å². The van der Waals surface area contributed by atoms with Crippen LogP contribution in [0.2, 0.25) is 15.1 Å². The highest BCUT2D eigenvalue weighted by atomic mass is 35.5. The minimum Gasteiger partial charge on any atom is -0.477 e. The molecule has 0 aliphatic carbocycles. The van der Waals surface area contributed by atoms with Gasteiger partial charge in [0.05, 0.1) is 22.2 Å². The largest absolute Gasteiger partial charge is 0.477 e. The molecule has 0 saturated carbocycles. The maximum atomic E-state index is 11.8. The summed E-state index contributed by atoms with van der Waals surface area (Å²) < 4.78 is 14.7. The normalized spacial score (nSPS) is 13.2. The van der Waals surface area contributed by atoms with Crippen LogP contribution in [0.3, 0.4) is 0 Å². The van der Waals surface area contributed by atoms with E-state index < -0.39 is 24.1 Å². The first-order chi connectivity index (χ1) is 9.76. The molecule has 0 aliphatic heterocycles. The van der Waals surface area contributed by atoms with E-state index in [4.69, 9.17) is 44.3 Å². The first-order valence-electron chi connectivity index (χ1n) is 5.85. The number of carbonyl (C=O) groups excluding carboxylic acids is 2. The molecule has 8 heteroatoms. The predicted molar refractivity (Wildman–Crippen MR) is 79.1 cm³/mol. The van der Waals surface area contributed by atoms with Crippen LogP contribution in [0.15, 0.2) is 12.1 Å². The number of halogens is 3.